The predicted molar refractivity (Wildman–Crippen MR) is 139 cm³/mol. The van der Waals surface area contributed by atoms with Crippen molar-refractivity contribution in [2.45, 2.75) is 58.1 Å². The Hall–Kier alpha value is -2.75. The summed E-state index contributed by atoms with van der Waals surface area (Å²) < 4.78 is 22.6. The fourth-order valence-electron chi connectivity index (χ4n) is 5.33. The highest BCUT2D eigenvalue weighted by atomic mass is 19.1. The molecule has 0 bridgehead atoms. The molecule has 2 aliphatic rings. The summed E-state index contributed by atoms with van der Waals surface area (Å²) in [4.78, 5) is 7.01. The number of halogens is 1. The maximum atomic E-state index is 15.2. The molecule has 0 atom stereocenters. The molecule has 3 N–H and O–H groups in total. The number of nitrogens with zero attached hydrogens (tertiary/aromatic N) is 4. The van der Waals surface area contributed by atoms with Gasteiger partial charge in [0, 0.05) is 31.1 Å². The Balaban J connectivity index is 1.63. The van der Waals surface area contributed by atoms with E-state index in [2.05, 4.69) is 36.3 Å². The van der Waals surface area contributed by atoms with Crippen molar-refractivity contribution >= 4 is 17.2 Å². The average Bonchev–Trinajstić information content (AvgIpc) is 3.22. The number of imidazole rings is 1. The van der Waals surface area contributed by atoms with Crippen LogP contribution in [0.2, 0.25) is 0 Å². The molecule has 8 nitrogen and oxygen atoms in total. The maximum Gasteiger partial charge on any atom is 0.177 e. The van der Waals surface area contributed by atoms with Crippen molar-refractivity contribution in [1.29, 1.82) is 0 Å². The first kappa shape index (κ1) is 24.9. The number of benzene rings is 1. The van der Waals surface area contributed by atoms with Gasteiger partial charge in [0.2, 0.25) is 0 Å². The van der Waals surface area contributed by atoms with E-state index >= 15 is 4.39 Å². The van der Waals surface area contributed by atoms with Gasteiger partial charge in [-0.05, 0) is 69.8 Å². The van der Waals surface area contributed by atoms with Gasteiger partial charge >= 0.3 is 0 Å². The molecule has 2 aromatic heterocycles. The SMILES string of the molecule is CC(C)(C)Nc1cc(N2CCOCC2)nn2c(Cc3cccc(F)c3C3CCNCC3)c(CO)nc12. The van der Waals surface area contributed by atoms with Crippen LogP contribution in [0.5, 0.6) is 0 Å². The minimum atomic E-state index is -0.210. The smallest absolute Gasteiger partial charge is 0.177 e. The van der Waals surface area contributed by atoms with Gasteiger partial charge in [-0.15, -0.1) is 5.10 Å². The van der Waals surface area contributed by atoms with E-state index in [1.54, 1.807) is 12.1 Å². The number of aliphatic hydroxyl groups excluding tert-OH is 1. The number of rotatable bonds is 6. The first-order chi connectivity index (χ1) is 17.3. The normalized spacial score (nSPS) is 17.6. The molecule has 0 amide bonds. The Labute approximate surface area is 211 Å². The Bertz CT molecular complexity index is 1210. The van der Waals surface area contributed by atoms with E-state index in [0.717, 1.165) is 67.3 Å². The molecule has 1 aromatic carbocycles. The molecule has 2 fully saturated rings. The van der Waals surface area contributed by atoms with Gasteiger partial charge in [-0.1, -0.05) is 12.1 Å². The number of fused-ring (bicyclic) bond motifs is 1. The number of morpholine rings is 1. The average molecular weight is 497 g/mol. The van der Waals surface area contributed by atoms with Gasteiger partial charge in [0.25, 0.3) is 0 Å². The van der Waals surface area contributed by atoms with E-state index in [1.807, 2.05) is 16.6 Å². The third-order valence-corrected chi connectivity index (χ3v) is 6.99. The van der Waals surface area contributed by atoms with Crippen LogP contribution in [-0.4, -0.2) is 64.6 Å². The van der Waals surface area contributed by atoms with E-state index in [4.69, 9.17) is 14.8 Å². The summed E-state index contributed by atoms with van der Waals surface area (Å²) in [7, 11) is 0. The lowest BCUT2D eigenvalue weighted by Crippen LogP contribution is -2.37. The number of aromatic nitrogens is 3. The summed E-state index contributed by atoms with van der Waals surface area (Å²) in [6.45, 7) is 10.7. The molecule has 0 radical (unpaired) electrons. The standard InChI is InChI=1S/C27H37FN6O2/c1-27(2,3)31-21-16-24(33-11-13-36-14-12-33)32-34-23(22(17-35)30-26(21)34)15-19-5-4-6-20(28)25(19)18-7-9-29-10-8-18/h4-6,16,18,29,31,35H,7-15,17H2,1-3H3. The largest absolute Gasteiger partial charge is 0.390 e. The highest BCUT2D eigenvalue weighted by molar-refractivity contribution is 5.72. The number of piperidine rings is 1. The third-order valence-electron chi connectivity index (χ3n) is 6.99. The van der Waals surface area contributed by atoms with Crippen LogP contribution in [-0.2, 0) is 17.8 Å². The fourth-order valence-corrected chi connectivity index (χ4v) is 5.33. The lowest BCUT2D eigenvalue weighted by atomic mass is 9.85. The van der Waals surface area contributed by atoms with E-state index in [0.29, 0.717) is 31.0 Å². The van der Waals surface area contributed by atoms with Crippen LogP contribution in [0.15, 0.2) is 24.3 Å². The van der Waals surface area contributed by atoms with E-state index in [-0.39, 0.29) is 23.9 Å². The summed E-state index contributed by atoms with van der Waals surface area (Å²) in [5.41, 5.74) is 4.41. The van der Waals surface area contributed by atoms with Crippen LogP contribution < -0.4 is 15.5 Å². The van der Waals surface area contributed by atoms with Crippen LogP contribution in [0.3, 0.4) is 0 Å². The zero-order valence-corrected chi connectivity index (χ0v) is 21.5. The quantitative estimate of drug-likeness (QED) is 0.482. The summed E-state index contributed by atoms with van der Waals surface area (Å²) in [6.07, 6.45) is 2.27. The summed E-state index contributed by atoms with van der Waals surface area (Å²) in [5, 5.41) is 22.2. The van der Waals surface area contributed by atoms with Crippen molar-refractivity contribution in [1.82, 2.24) is 19.9 Å². The topological polar surface area (TPSA) is 87.0 Å². The Morgan fingerprint density at radius 3 is 2.64 bits per heavy atom. The molecule has 3 aromatic rings. The van der Waals surface area contributed by atoms with Crippen LogP contribution in [0.1, 0.15) is 62.0 Å². The molecular formula is C27H37FN6O2. The van der Waals surface area contributed by atoms with Gasteiger partial charge in [-0.3, -0.25) is 0 Å². The number of aliphatic hydroxyl groups is 1. The van der Waals surface area contributed by atoms with Crippen molar-refractivity contribution in [3.05, 3.63) is 52.6 Å². The zero-order valence-electron chi connectivity index (χ0n) is 21.5. The number of nitrogens with one attached hydrogen (secondary N) is 2. The monoisotopic (exact) mass is 496 g/mol. The summed E-state index contributed by atoms with van der Waals surface area (Å²) in [6, 6.07) is 7.37. The van der Waals surface area contributed by atoms with Gasteiger partial charge < -0.3 is 25.4 Å². The second-order valence-corrected chi connectivity index (χ2v) is 10.8. The van der Waals surface area contributed by atoms with Gasteiger partial charge in [0.05, 0.1) is 36.9 Å². The molecule has 4 heterocycles. The highest BCUT2D eigenvalue weighted by Crippen LogP contribution is 2.33. The number of hydrogen-bond donors (Lipinski definition) is 3. The molecule has 0 aliphatic carbocycles. The number of anilines is 2. The molecule has 5 rings (SSSR count). The fraction of sp³-hybridized carbons (Fsp3) is 0.556. The van der Waals surface area contributed by atoms with Crippen molar-refractivity contribution < 1.29 is 14.2 Å². The Morgan fingerprint density at radius 1 is 1.19 bits per heavy atom. The molecule has 194 valence electrons. The molecule has 2 saturated heterocycles. The second kappa shape index (κ2) is 10.3. The van der Waals surface area contributed by atoms with Crippen LogP contribution >= 0.6 is 0 Å². The van der Waals surface area contributed by atoms with Crippen LogP contribution in [0.4, 0.5) is 15.9 Å². The lowest BCUT2D eigenvalue weighted by molar-refractivity contribution is 0.122. The van der Waals surface area contributed by atoms with E-state index in [9.17, 15) is 5.11 Å². The van der Waals surface area contributed by atoms with Gasteiger partial charge in [-0.2, -0.15) is 0 Å². The van der Waals surface area contributed by atoms with Gasteiger partial charge in [0.15, 0.2) is 11.5 Å². The van der Waals surface area contributed by atoms with Crippen LogP contribution in [0.25, 0.3) is 5.65 Å². The van der Waals surface area contributed by atoms with Crippen molar-refractivity contribution in [3.63, 3.8) is 0 Å². The number of hydrogen-bond acceptors (Lipinski definition) is 7. The minimum absolute atomic E-state index is 0.157. The molecule has 36 heavy (non-hydrogen) atoms. The third kappa shape index (κ3) is 5.19. The van der Waals surface area contributed by atoms with Gasteiger partial charge in [0.1, 0.15) is 5.82 Å². The molecule has 2 aliphatic heterocycles. The minimum Gasteiger partial charge on any atom is -0.390 e. The zero-order chi connectivity index (χ0) is 25.3. The lowest BCUT2D eigenvalue weighted by Gasteiger charge is -2.29. The van der Waals surface area contributed by atoms with E-state index in [1.165, 1.54) is 0 Å². The molecule has 0 saturated carbocycles. The highest BCUT2D eigenvalue weighted by Gasteiger charge is 2.26. The van der Waals surface area contributed by atoms with Crippen molar-refractivity contribution in [3.8, 4) is 0 Å². The summed E-state index contributed by atoms with van der Waals surface area (Å²) >= 11 is 0. The second-order valence-electron chi connectivity index (χ2n) is 10.8. The molecular weight excluding hydrogens is 459 g/mol. The summed E-state index contributed by atoms with van der Waals surface area (Å²) in [5.74, 6) is 0.850. The first-order valence-corrected chi connectivity index (χ1v) is 13.0. The van der Waals surface area contributed by atoms with Gasteiger partial charge in [-0.25, -0.2) is 13.9 Å². The van der Waals surface area contributed by atoms with Crippen molar-refractivity contribution in [2.75, 3.05) is 49.6 Å². The number of ether oxygens (including phenoxy) is 1. The Kier molecular flexibility index (Phi) is 7.14. The van der Waals surface area contributed by atoms with Crippen LogP contribution in [0, 0.1) is 5.82 Å². The van der Waals surface area contributed by atoms with Crippen molar-refractivity contribution in [2.24, 2.45) is 0 Å². The molecule has 0 spiro atoms. The Morgan fingerprint density at radius 2 is 1.94 bits per heavy atom. The van der Waals surface area contributed by atoms with E-state index < -0.39 is 0 Å². The maximum absolute atomic E-state index is 15.2. The molecule has 9 heteroatoms. The molecule has 0 unspecified atom stereocenters. The first-order valence-electron chi connectivity index (χ1n) is 13.0. The predicted octanol–water partition coefficient (Wildman–Crippen LogP) is 3.47.